The molecular formula is C18H27F3N2O6. The molecule has 0 spiro atoms. The molecule has 1 saturated heterocycles. The average Bonchev–Trinajstić information content (AvgIpc) is 3.01. The maximum atomic E-state index is 11.5. The lowest BCUT2D eigenvalue weighted by atomic mass is 9.89. The molecule has 0 aromatic heterocycles. The second-order valence-electron chi connectivity index (χ2n) is 6.47. The maximum Gasteiger partial charge on any atom is 0.490 e. The summed E-state index contributed by atoms with van der Waals surface area (Å²) in [6, 6.07) is -1.53. The van der Waals surface area contributed by atoms with Crippen molar-refractivity contribution in [1.82, 2.24) is 10.6 Å². The summed E-state index contributed by atoms with van der Waals surface area (Å²) < 4.78 is 31.7. The van der Waals surface area contributed by atoms with Crippen LogP contribution in [-0.4, -0.2) is 63.6 Å². The summed E-state index contributed by atoms with van der Waals surface area (Å²) in [6.45, 7) is 6.89. The van der Waals surface area contributed by atoms with Gasteiger partial charge in [-0.3, -0.25) is 14.9 Å². The van der Waals surface area contributed by atoms with E-state index in [9.17, 15) is 33.0 Å². The molecule has 8 nitrogen and oxygen atoms in total. The van der Waals surface area contributed by atoms with Gasteiger partial charge in [0, 0.05) is 13.0 Å². The molecule has 166 valence electrons. The summed E-state index contributed by atoms with van der Waals surface area (Å²) in [4.78, 5) is 31.6. The molecule has 0 aromatic carbocycles. The van der Waals surface area contributed by atoms with Crippen molar-refractivity contribution in [2.75, 3.05) is 0 Å². The van der Waals surface area contributed by atoms with E-state index in [1.807, 2.05) is 19.1 Å². The number of hydrogen-bond acceptors (Lipinski definition) is 5. The number of halogens is 3. The van der Waals surface area contributed by atoms with E-state index in [4.69, 9.17) is 9.90 Å². The second kappa shape index (κ2) is 12.2. The zero-order valence-corrected chi connectivity index (χ0v) is 16.1. The molecule has 0 aromatic rings. The van der Waals surface area contributed by atoms with Crippen molar-refractivity contribution in [3.63, 3.8) is 0 Å². The van der Waals surface area contributed by atoms with Gasteiger partial charge in [0.15, 0.2) is 0 Å². The molecule has 1 amide bonds. The van der Waals surface area contributed by atoms with Gasteiger partial charge in [-0.1, -0.05) is 18.2 Å². The number of allylic oxidation sites excluding steroid dienone is 2. The van der Waals surface area contributed by atoms with E-state index in [0.717, 1.165) is 0 Å². The Morgan fingerprint density at radius 2 is 1.86 bits per heavy atom. The SMILES string of the molecule is C=CCC[C@@H](O)[C@H](NC(C)=O)[C@@H]1N[C@@H](C(=O)O)C[C@H]1/C=C\C.O=C(O)C(F)(F)F. The maximum absolute atomic E-state index is 11.5. The first-order chi connectivity index (χ1) is 13.3. The van der Waals surface area contributed by atoms with E-state index >= 15 is 0 Å². The summed E-state index contributed by atoms with van der Waals surface area (Å²) in [5, 5.41) is 32.5. The van der Waals surface area contributed by atoms with Crippen molar-refractivity contribution in [2.45, 2.75) is 63.5 Å². The second-order valence-corrected chi connectivity index (χ2v) is 6.47. The third-order valence-corrected chi connectivity index (χ3v) is 4.18. The van der Waals surface area contributed by atoms with Crippen LogP contribution in [0.3, 0.4) is 0 Å². The van der Waals surface area contributed by atoms with Crippen LogP contribution in [0.2, 0.25) is 0 Å². The van der Waals surface area contributed by atoms with Crippen LogP contribution >= 0.6 is 0 Å². The molecule has 1 fully saturated rings. The molecule has 29 heavy (non-hydrogen) atoms. The van der Waals surface area contributed by atoms with Crippen molar-refractivity contribution in [1.29, 1.82) is 0 Å². The van der Waals surface area contributed by atoms with Gasteiger partial charge in [-0.05, 0) is 32.1 Å². The number of nitrogens with one attached hydrogen (secondary N) is 2. The molecule has 1 rings (SSSR count). The summed E-state index contributed by atoms with van der Waals surface area (Å²) in [5.41, 5.74) is 0. The minimum absolute atomic E-state index is 0.0543. The summed E-state index contributed by atoms with van der Waals surface area (Å²) >= 11 is 0. The van der Waals surface area contributed by atoms with Crippen LogP contribution in [0.4, 0.5) is 13.2 Å². The van der Waals surface area contributed by atoms with Gasteiger partial charge in [0.25, 0.3) is 0 Å². The highest BCUT2D eigenvalue weighted by Crippen LogP contribution is 2.27. The van der Waals surface area contributed by atoms with E-state index in [0.29, 0.717) is 19.3 Å². The number of carbonyl (C=O) groups is 3. The van der Waals surface area contributed by atoms with Crippen LogP contribution in [0, 0.1) is 5.92 Å². The van der Waals surface area contributed by atoms with Gasteiger partial charge >= 0.3 is 18.1 Å². The molecule has 5 N–H and O–H groups in total. The summed E-state index contributed by atoms with van der Waals surface area (Å²) in [6.07, 6.45) is 1.18. The van der Waals surface area contributed by atoms with E-state index in [2.05, 4.69) is 17.2 Å². The van der Waals surface area contributed by atoms with Gasteiger partial charge in [-0.25, -0.2) is 4.79 Å². The largest absolute Gasteiger partial charge is 0.490 e. The lowest BCUT2D eigenvalue weighted by Crippen LogP contribution is -2.56. The van der Waals surface area contributed by atoms with Gasteiger partial charge in [0.05, 0.1) is 12.1 Å². The smallest absolute Gasteiger partial charge is 0.480 e. The molecule has 11 heteroatoms. The van der Waals surface area contributed by atoms with Crippen LogP contribution in [0.1, 0.15) is 33.1 Å². The number of carbonyl (C=O) groups excluding carboxylic acids is 1. The quantitative estimate of drug-likeness (QED) is 0.372. The van der Waals surface area contributed by atoms with Crippen molar-refractivity contribution in [2.24, 2.45) is 5.92 Å². The predicted molar refractivity (Wildman–Crippen MR) is 98.0 cm³/mol. The van der Waals surface area contributed by atoms with Gasteiger partial charge in [0.1, 0.15) is 6.04 Å². The number of carboxylic acid groups (broad SMARTS) is 2. The third-order valence-electron chi connectivity index (χ3n) is 4.18. The average molecular weight is 424 g/mol. The lowest BCUT2D eigenvalue weighted by molar-refractivity contribution is -0.192. The van der Waals surface area contributed by atoms with Crippen molar-refractivity contribution < 1.29 is 42.9 Å². The molecule has 0 unspecified atom stereocenters. The van der Waals surface area contributed by atoms with E-state index in [1.54, 1.807) is 6.08 Å². The minimum atomic E-state index is -5.08. The first-order valence-corrected chi connectivity index (χ1v) is 8.82. The summed E-state index contributed by atoms with van der Waals surface area (Å²) in [5.74, 6) is -3.98. The third kappa shape index (κ3) is 9.57. The number of aliphatic hydroxyl groups is 1. The minimum Gasteiger partial charge on any atom is -0.480 e. The first kappa shape index (κ1) is 26.6. The predicted octanol–water partition coefficient (Wildman–Crippen LogP) is 1.46. The number of aliphatic hydroxyl groups excluding tert-OH is 1. The molecule has 0 radical (unpaired) electrons. The fourth-order valence-electron chi connectivity index (χ4n) is 2.96. The Kier molecular flexibility index (Phi) is 11.2. The number of hydrogen-bond donors (Lipinski definition) is 5. The van der Waals surface area contributed by atoms with Gasteiger partial charge in [0.2, 0.25) is 5.91 Å². The highest BCUT2D eigenvalue weighted by atomic mass is 19.4. The lowest BCUT2D eigenvalue weighted by Gasteiger charge is -2.32. The highest BCUT2D eigenvalue weighted by Gasteiger charge is 2.42. The fourth-order valence-corrected chi connectivity index (χ4v) is 2.96. The first-order valence-electron chi connectivity index (χ1n) is 8.82. The number of alkyl halides is 3. The Balaban J connectivity index is 0.000000956. The number of rotatable bonds is 8. The molecule has 5 atom stereocenters. The summed E-state index contributed by atoms with van der Waals surface area (Å²) in [7, 11) is 0. The highest BCUT2D eigenvalue weighted by molar-refractivity contribution is 5.75. The normalized spacial score (nSPS) is 23.6. The zero-order valence-electron chi connectivity index (χ0n) is 16.1. The topological polar surface area (TPSA) is 136 Å². The molecule has 1 heterocycles. The monoisotopic (exact) mass is 424 g/mol. The van der Waals surface area contributed by atoms with Gasteiger partial charge < -0.3 is 20.6 Å². The Morgan fingerprint density at radius 1 is 1.31 bits per heavy atom. The van der Waals surface area contributed by atoms with Crippen LogP contribution in [0.5, 0.6) is 0 Å². The number of aliphatic carboxylic acids is 2. The fraction of sp³-hybridized carbons (Fsp3) is 0.611. The van der Waals surface area contributed by atoms with E-state index in [1.165, 1.54) is 6.92 Å². The Morgan fingerprint density at radius 3 is 2.24 bits per heavy atom. The van der Waals surface area contributed by atoms with Crippen LogP contribution in [0.15, 0.2) is 24.8 Å². The van der Waals surface area contributed by atoms with E-state index < -0.39 is 36.3 Å². The zero-order chi connectivity index (χ0) is 22.8. The van der Waals surface area contributed by atoms with E-state index in [-0.39, 0.29) is 17.9 Å². The molecule has 0 aliphatic carbocycles. The standard InChI is InChI=1S/C16H26N2O4.C2HF3O2/c1-4-6-8-13(20)15(17-10(3)19)14-11(7-5-2)9-12(18-14)16(21)22;3-2(4,5)1(6)7/h4-5,7,11-15,18,20H,1,6,8-9H2,2-3H3,(H,17,19)(H,21,22);(H,6,7)/b7-5-;/t11-,12-,13-,14-,15+;/m1./s1. The molecule has 0 saturated carbocycles. The van der Waals surface area contributed by atoms with Crippen molar-refractivity contribution in [3.8, 4) is 0 Å². The Labute approximate surface area is 166 Å². The van der Waals surface area contributed by atoms with Crippen LogP contribution in [-0.2, 0) is 14.4 Å². The molecular weight excluding hydrogens is 397 g/mol. The molecule has 1 aliphatic rings. The Bertz CT molecular complexity index is 609. The Hall–Kier alpha value is -2.40. The van der Waals surface area contributed by atoms with Gasteiger partial charge in [-0.15, -0.1) is 6.58 Å². The van der Waals surface area contributed by atoms with Crippen LogP contribution in [0.25, 0.3) is 0 Å². The van der Waals surface area contributed by atoms with Crippen molar-refractivity contribution in [3.05, 3.63) is 24.8 Å². The van der Waals surface area contributed by atoms with Crippen LogP contribution < -0.4 is 10.6 Å². The molecule has 1 aliphatic heterocycles. The molecule has 0 bridgehead atoms. The van der Waals surface area contributed by atoms with Crippen molar-refractivity contribution >= 4 is 17.8 Å². The number of amides is 1. The number of carboxylic acids is 2. The van der Waals surface area contributed by atoms with Gasteiger partial charge in [-0.2, -0.15) is 13.2 Å².